The summed E-state index contributed by atoms with van der Waals surface area (Å²) < 4.78 is 5.84. The summed E-state index contributed by atoms with van der Waals surface area (Å²) >= 11 is 0. The number of hydrogen-bond acceptors (Lipinski definition) is 10. The largest absolute Gasteiger partial charge is 0.449 e. The van der Waals surface area contributed by atoms with E-state index in [0.29, 0.717) is 44.9 Å². The van der Waals surface area contributed by atoms with E-state index >= 15 is 0 Å². The first kappa shape index (κ1) is 49.2. The molecule has 8 N–H and O–H groups in total. The van der Waals surface area contributed by atoms with E-state index in [4.69, 9.17) is 21.9 Å². The lowest BCUT2D eigenvalue weighted by Crippen LogP contribution is -2.66. The number of unbranched alkanes of at least 4 members (excludes halogenated alkanes) is 1. The van der Waals surface area contributed by atoms with Crippen molar-refractivity contribution in [3.63, 3.8) is 0 Å². The third-order valence-corrected chi connectivity index (χ3v) is 14.3. The fraction of sp³-hybridized carbons (Fsp3) is 0.538. The van der Waals surface area contributed by atoms with E-state index < -0.39 is 65.1 Å². The van der Waals surface area contributed by atoms with E-state index in [0.717, 1.165) is 79.2 Å². The summed E-state index contributed by atoms with van der Waals surface area (Å²) in [6.45, 7) is 1.98. The van der Waals surface area contributed by atoms with Gasteiger partial charge in [0.1, 0.15) is 30.5 Å². The maximum atomic E-state index is 14.9. The minimum Gasteiger partial charge on any atom is -0.449 e. The number of ether oxygens (including phenoxy) is 1. The molecule has 3 aliphatic carbocycles. The standard InChI is InChI=1S/C52H70N6O7/c1-34(47(60)46(37-22-10-5-11-23-37)52(55,33-59)48(61)43(54)30-35-18-6-3-7-19-35)58(2)50(63)44(28-16-17-29-53)56-49(62)45(31-36-20-8-4-9-21-36)57-51(64)65-32-42-40-26-14-12-24-38(40)39-25-13-15-27-41(39)42/h4,8-9,12-15,20-21,24-27,33-35,37,42-46H,3,5-7,10-11,16-19,22-23,28-32,53-55H2,1-2H3,(H,56,62)(H,57,64)/t34-,43+,44-,45-,46?,52+/m0/s1. The van der Waals surface area contributed by atoms with Gasteiger partial charge >= 0.3 is 6.09 Å². The number of carbonyl (C=O) groups is 6. The first-order valence-electron chi connectivity index (χ1n) is 23.9. The van der Waals surface area contributed by atoms with Crippen LogP contribution >= 0.6 is 0 Å². The van der Waals surface area contributed by atoms with E-state index in [9.17, 15) is 28.8 Å². The van der Waals surface area contributed by atoms with Crippen molar-refractivity contribution in [1.29, 1.82) is 0 Å². The second-order valence-corrected chi connectivity index (χ2v) is 18.7. The summed E-state index contributed by atoms with van der Waals surface area (Å²) in [5.74, 6) is -3.78. The Balaban J connectivity index is 1.19. The summed E-state index contributed by atoms with van der Waals surface area (Å²) in [6.07, 6.45) is 10.4. The Morgan fingerprint density at radius 3 is 1.98 bits per heavy atom. The number of carbonyl (C=O) groups excluding carboxylic acids is 6. The van der Waals surface area contributed by atoms with Crippen LogP contribution in [0.5, 0.6) is 0 Å². The van der Waals surface area contributed by atoms with Crippen LogP contribution in [0, 0.1) is 17.8 Å². The van der Waals surface area contributed by atoms with Gasteiger partial charge in [-0.05, 0) is 91.6 Å². The number of aldehydes is 1. The molecule has 65 heavy (non-hydrogen) atoms. The van der Waals surface area contributed by atoms with Gasteiger partial charge in [-0.15, -0.1) is 0 Å². The molecular formula is C52H70N6O7. The van der Waals surface area contributed by atoms with Crippen molar-refractivity contribution in [2.75, 3.05) is 20.2 Å². The number of amides is 3. The van der Waals surface area contributed by atoms with Crippen molar-refractivity contribution < 1.29 is 33.5 Å². The summed E-state index contributed by atoms with van der Waals surface area (Å²) in [7, 11) is 1.48. The van der Waals surface area contributed by atoms with E-state index in [2.05, 4.69) is 22.8 Å². The van der Waals surface area contributed by atoms with Crippen LogP contribution < -0.4 is 27.8 Å². The van der Waals surface area contributed by atoms with Gasteiger partial charge in [0.2, 0.25) is 11.8 Å². The van der Waals surface area contributed by atoms with Gasteiger partial charge in [-0.3, -0.25) is 19.2 Å². The van der Waals surface area contributed by atoms with Gasteiger partial charge in [0.05, 0.1) is 18.0 Å². The lowest BCUT2D eigenvalue weighted by atomic mass is 9.65. The number of Topliss-reactive ketones (excluding diaryl/α,β-unsaturated/α-hetero) is 2. The average Bonchev–Trinajstić information content (AvgIpc) is 3.66. The van der Waals surface area contributed by atoms with E-state index in [1.54, 1.807) is 6.92 Å². The summed E-state index contributed by atoms with van der Waals surface area (Å²) in [6, 6.07) is 20.9. The van der Waals surface area contributed by atoms with Gasteiger partial charge < -0.3 is 42.3 Å². The molecule has 2 saturated carbocycles. The highest BCUT2D eigenvalue weighted by molar-refractivity contribution is 6.10. The Hall–Kier alpha value is -5.24. The van der Waals surface area contributed by atoms with Crippen LogP contribution in [0.4, 0.5) is 4.79 Å². The summed E-state index contributed by atoms with van der Waals surface area (Å²) in [4.78, 5) is 86.0. The van der Waals surface area contributed by atoms with Crippen molar-refractivity contribution in [2.24, 2.45) is 35.0 Å². The van der Waals surface area contributed by atoms with E-state index in [-0.39, 0.29) is 37.2 Å². The van der Waals surface area contributed by atoms with Gasteiger partial charge in [-0.25, -0.2) is 4.79 Å². The van der Waals surface area contributed by atoms with Crippen LogP contribution in [0.1, 0.15) is 119 Å². The van der Waals surface area contributed by atoms with Crippen LogP contribution in [-0.2, 0) is 35.1 Å². The monoisotopic (exact) mass is 891 g/mol. The molecule has 0 aromatic heterocycles. The summed E-state index contributed by atoms with van der Waals surface area (Å²) in [5.41, 5.74) is 22.1. The molecule has 1 unspecified atom stereocenters. The van der Waals surface area contributed by atoms with Gasteiger partial charge in [-0.1, -0.05) is 130 Å². The maximum Gasteiger partial charge on any atom is 0.407 e. The molecular weight excluding hydrogens is 821 g/mol. The van der Waals surface area contributed by atoms with Crippen LogP contribution in [-0.4, -0.2) is 90.6 Å². The third kappa shape index (κ3) is 12.0. The number of nitrogens with two attached hydrogens (primary N) is 3. The molecule has 0 spiro atoms. The molecule has 3 amide bonds. The van der Waals surface area contributed by atoms with Crippen LogP contribution in [0.3, 0.4) is 0 Å². The Labute approximate surface area is 384 Å². The molecule has 13 heteroatoms. The normalized spacial score (nSPS) is 18.7. The topological polar surface area (TPSA) is 217 Å². The van der Waals surface area contributed by atoms with Crippen molar-refractivity contribution in [3.05, 3.63) is 95.6 Å². The predicted octanol–water partition coefficient (Wildman–Crippen LogP) is 6.13. The lowest BCUT2D eigenvalue weighted by Gasteiger charge is -2.41. The molecule has 0 saturated heterocycles. The Kier molecular flexibility index (Phi) is 17.6. The molecule has 3 aliphatic rings. The Morgan fingerprint density at radius 1 is 0.800 bits per heavy atom. The number of hydrogen-bond donors (Lipinski definition) is 5. The Bertz CT molecular complexity index is 2060. The molecule has 6 rings (SSSR count). The van der Waals surface area contributed by atoms with Gasteiger partial charge in [0.25, 0.3) is 0 Å². The van der Waals surface area contributed by atoms with Crippen molar-refractivity contribution in [3.8, 4) is 11.1 Å². The number of alkyl carbamates (subject to hydrolysis) is 1. The van der Waals surface area contributed by atoms with Gasteiger partial charge in [0.15, 0.2) is 11.6 Å². The van der Waals surface area contributed by atoms with Crippen LogP contribution in [0.25, 0.3) is 11.1 Å². The van der Waals surface area contributed by atoms with Gasteiger partial charge in [0, 0.05) is 19.4 Å². The first-order valence-corrected chi connectivity index (χ1v) is 23.9. The third-order valence-electron chi connectivity index (χ3n) is 14.3. The second kappa shape index (κ2) is 23.3. The number of rotatable bonds is 22. The van der Waals surface area contributed by atoms with Crippen molar-refractivity contribution in [1.82, 2.24) is 15.5 Å². The highest BCUT2D eigenvalue weighted by Gasteiger charge is 2.53. The molecule has 6 atom stereocenters. The van der Waals surface area contributed by atoms with Crippen LogP contribution in [0.15, 0.2) is 78.9 Å². The van der Waals surface area contributed by atoms with Gasteiger partial charge in [-0.2, -0.15) is 0 Å². The minimum absolute atomic E-state index is 0.0462. The molecule has 2 fully saturated rings. The molecule has 3 aromatic rings. The second-order valence-electron chi connectivity index (χ2n) is 18.7. The number of nitrogens with one attached hydrogen (secondary N) is 2. The quantitative estimate of drug-likeness (QED) is 0.0442. The summed E-state index contributed by atoms with van der Waals surface area (Å²) in [5, 5.41) is 5.68. The predicted molar refractivity (Wildman–Crippen MR) is 251 cm³/mol. The van der Waals surface area contributed by atoms with E-state index in [1.807, 2.05) is 66.7 Å². The molecule has 0 heterocycles. The highest BCUT2D eigenvalue weighted by Crippen LogP contribution is 2.44. The molecule has 0 radical (unpaired) electrons. The Morgan fingerprint density at radius 2 is 1.38 bits per heavy atom. The first-order chi connectivity index (χ1) is 31.4. The maximum absolute atomic E-state index is 14.9. The fourth-order valence-electron chi connectivity index (χ4n) is 10.6. The molecule has 0 bridgehead atoms. The fourth-order valence-corrected chi connectivity index (χ4v) is 10.6. The molecule has 3 aromatic carbocycles. The smallest absolute Gasteiger partial charge is 0.407 e. The van der Waals surface area contributed by atoms with E-state index in [1.165, 1.54) is 11.9 Å². The van der Waals surface area contributed by atoms with Crippen molar-refractivity contribution >= 4 is 35.8 Å². The number of ketones is 2. The number of nitrogens with zero attached hydrogens (tertiary/aromatic N) is 1. The number of likely N-dealkylation sites (N-methyl/N-ethyl adjacent to an activating group) is 1. The van der Waals surface area contributed by atoms with Crippen molar-refractivity contribution in [2.45, 2.75) is 139 Å². The minimum atomic E-state index is -2.17. The molecule has 13 nitrogen and oxygen atoms in total. The highest BCUT2D eigenvalue weighted by atomic mass is 16.5. The van der Waals surface area contributed by atoms with Crippen LogP contribution in [0.2, 0.25) is 0 Å². The molecule has 350 valence electrons. The SMILES string of the molecule is C[C@@H](C(=O)C(C1CCCCC1)[C@](N)(C=O)C(=O)[C@H](N)CC1CCCCC1)N(C)C(=O)[C@H](CCCCN)NC(=O)[C@H](Cc1ccccc1)NC(=O)OCC1c2ccccc2-c2ccccc21. The molecule has 0 aliphatic heterocycles. The lowest BCUT2D eigenvalue weighted by molar-refractivity contribution is -0.147. The zero-order valence-electron chi connectivity index (χ0n) is 38.3. The average molecular weight is 891 g/mol. The zero-order valence-corrected chi connectivity index (χ0v) is 38.3. The zero-order chi connectivity index (χ0) is 46.5. The number of benzene rings is 3. The number of fused-ring (bicyclic) bond motifs is 3.